The Balaban J connectivity index is 1.52. The van der Waals surface area contributed by atoms with Crippen LogP contribution in [0.2, 0.25) is 0 Å². The van der Waals surface area contributed by atoms with Gasteiger partial charge in [-0.1, -0.05) is 0 Å². The van der Waals surface area contributed by atoms with Gasteiger partial charge < -0.3 is 14.4 Å². The molecular weight excluding hydrogens is 388 g/mol. The summed E-state index contributed by atoms with van der Waals surface area (Å²) in [6, 6.07) is 4.50. The first-order valence-corrected chi connectivity index (χ1v) is 10.3. The molecule has 1 aliphatic heterocycles. The molecule has 2 aromatic rings. The maximum absolute atomic E-state index is 12.5. The van der Waals surface area contributed by atoms with Gasteiger partial charge in [-0.15, -0.1) is 0 Å². The Morgan fingerprint density at radius 1 is 1.30 bits per heavy atom. The Morgan fingerprint density at radius 3 is 2.83 bits per heavy atom. The highest BCUT2D eigenvalue weighted by atomic mass is 16.6. The molecule has 1 aromatic carbocycles. The molecule has 30 heavy (non-hydrogen) atoms. The van der Waals surface area contributed by atoms with Crippen molar-refractivity contribution in [3.05, 3.63) is 34.5 Å². The van der Waals surface area contributed by atoms with E-state index in [1.165, 1.54) is 18.3 Å². The number of piperidine rings is 1. The third-order valence-corrected chi connectivity index (χ3v) is 4.90. The molecule has 9 nitrogen and oxygen atoms in total. The molecule has 3 rings (SSSR count). The van der Waals surface area contributed by atoms with Crippen LogP contribution in [-0.4, -0.2) is 50.7 Å². The van der Waals surface area contributed by atoms with Gasteiger partial charge in [0.2, 0.25) is 5.88 Å². The number of nitro groups is 1. The number of ether oxygens (including phenoxy) is 2. The maximum Gasteiger partial charge on any atom is 0.410 e. The van der Waals surface area contributed by atoms with Crippen molar-refractivity contribution in [2.45, 2.75) is 64.5 Å². The first-order chi connectivity index (χ1) is 14.2. The summed E-state index contributed by atoms with van der Waals surface area (Å²) in [6.45, 7) is 6.80. The van der Waals surface area contributed by atoms with Crippen LogP contribution in [0, 0.1) is 10.1 Å². The lowest BCUT2D eigenvalue weighted by atomic mass is 9.98. The molecule has 1 aliphatic rings. The maximum atomic E-state index is 12.5. The Bertz CT molecular complexity index is 912. The fraction of sp³-hybridized carbons (Fsp3) is 0.571. The quantitative estimate of drug-likeness (QED) is 0.388. The van der Waals surface area contributed by atoms with Crippen molar-refractivity contribution in [3.8, 4) is 5.88 Å². The lowest BCUT2D eigenvalue weighted by Gasteiger charge is -2.36. The number of rotatable bonds is 6. The summed E-state index contributed by atoms with van der Waals surface area (Å²) in [4.78, 5) is 33.3. The van der Waals surface area contributed by atoms with Crippen LogP contribution in [0.15, 0.2) is 24.4 Å². The Morgan fingerprint density at radius 2 is 2.10 bits per heavy atom. The van der Waals surface area contributed by atoms with Gasteiger partial charge in [-0.25, -0.2) is 14.8 Å². The Labute approximate surface area is 175 Å². The molecule has 1 fully saturated rings. The number of hydrogen-bond acceptors (Lipinski definition) is 7. The highest BCUT2D eigenvalue weighted by molar-refractivity contribution is 5.77. The number of benzene rings is 1. The van der Waals surface area contributed by atoms with E-state index >= 15 is 0 Å². The number of nitro benzene ring substituents is 1. The topological polar surface area (TPSA) is 108 Å². The van der Waals surface area contributed by atoms with E-state index in [4.69, 9.17) is 9.47 Å². The van der Waals surface area contributed by atoms with Crippen LogP contribution in [0.5, 0.6) is 5.88 Å². The van der Waals surface area contributed by atoms with E-state index in [9.17, 15) is 14.9 Å². The monoisotopic (exact) mass is 416 g/mol. The van der Waals surface area contributed by atoms with Crippen LogP contribution in [0.1, 0.15) is 52.9 Å². The molecule has 0 N–H and O–H groups in total. The zero-order valence-electron chi connectivity index (χ0n) is 17.7. The summed E-state index contributed by atoms with van der Waals surface area (Å²) in [6.07, 6.45) is 5.89. The fourth-order valence-electron chi connectivity index (χ4n) is 3.52. The van der Waals surface area contributed by atoms with E-state index in [-0.39, 0.29) is 17.8 Å². The molecule has 0 saturated carbocycles. The number of non-ortho nitro benzene ring substituents is 1. The van der Waals surface area contributed by atoms with Crippen LogP contribution >= 0.6 is 0 Å². The lowest BCUT2D eigenvalue weighted by Crippen LogP contribution is -2.46. The first kappa shape index (κ1) is 21.7. The van der Waals surface area contributed by atoms with Crippen molar-refractivity contribution < 1.29 is 19.2 Å². The molecule has 0 radical (unpaired) electrons. The predicted molar refractivity (Wildman–Crippen MR) is 112 cm³/mol. The minimum atomic E-state index is -0.503. The molecule has 0 bridgehead atoms. The number of carbonyl (C=O) groups excluding carboxylic acids is 1. The average molecular weight is 416 g/mol. The third-order valence-electron chi connectivity index (χ3n) is 4.90. The molecular formula is C21H28N4O5. The van der Waals surface area contributed by atoms with Crippen molar-refractivity contribution >= 4 is 22.8 Å². The zero-order chi connectivity index (χ0) is 21.7. The van der Waals surface area contributed by atoms with Gasteiger partial charge in [0, 0.05) is 24.7 Å². The van der Waals surface area contributed by atoms with Crippen molar-refractivity contribution in [3.63, 3.8) is 0 Å². The number of amides is 1. The van der Waals surface area contributed by atoms with E-state index < -0.39 is 10.5 Å². The summed E-state index contributed by atoms with van der Waals surface area (Å²) < 4.78 is 11.3. The van der Waals surface area contributed by atoms with Crippen LogP contribution in [0.3, 0.4) is 0 Å². The zero-order valence-corrected chi connectivity index (χ0v) is 17.7. The largest absolute Gasteiger partial charge is 0.477 e. The number of aromatic nitrogens is 2. The molecule has 162 valence electrons. The van der Waals surface area contributed by atoms with Gasteiger partial charge in [0.25, 0.3) is 5.69 Å². The summed E-state index contributed by atoms with van der Waals surface area (Å²) in [5.41, 5.74) is 0.470. The van der Waals surface area contributed by atoms with Gasteiger partial charge in [-0.05, 0) is 58.9 Å². The molecule has 0 unspecified atom stereocenters. The number of nitrogens with zero attached hydrogens (tertiary/aromatic N) is 4. The predicted octanol–water partition coefficient (Wildman–Crippen LogP) is 4.49. The van der Waals surface area contributed by atoms with Gasteiger partial charge in [-0.2, -0.15) is 0 Å². The number of carbonyl (C=O) groups is 1. The molecule has 0 spiro atoms. The summed E-state index contributed by atoms with van der Waals surface area (Å²) in [7, 11) is 0. The van der Waals surface area contributed by atoms with E-state index in [0.29, 0.717) is 23.5 Å². The van der Waals surface area contributed by atoms with Crippen molar-refractivity contribution in [1.29, 1.82) is 0 Å². The van der Waals surface area contributed by atoms with Crippen LogP contribution < -0.4 is 4.74 Å². The van der Waals surface area contributed by atoms with Gasteiger partial charge in [0.15, 0.2) is 0 Å². The fourth-order valence-corrected chi connectivity index (χ4v) is 3.52. The number of likely N-dealkylation sites (tertiary alicyclic amines) is 1. The van der Waals surface area contributed by atoms with E-state index in [2.05, 4.69) is 9.97 Å². The normalized spacial score (nSPS) is 17.0. The van der Waals surface area contributed by atoms with E-state index in [1.54, 1.807) is 6.07 Å². The molecule has 9 heteroatoms. The van der Waals surface area contributed by atoms with Crippen LogP contribution in [0.4, 0.5) is 10.5 Å². The second-order valence-electron chi connectivity index (χ2n) is 8.45. The number of fused-ring (bicyclic) bond motifs is 1. The molecule has 1 saturated heterocycles. The second-order valence-corrected chi connectivity index (χ2v) is 8.45. The lowest BCUT2D eigenvalue weighted by molar-refractivity contribution is -0.384. The molecule has 1 aromatic heterocycles. The Kier molecular flexibility index (Phi) is 6.69. The standard InChI is InChI=1S/C21H28N4O5/c1-21(2,3)30-20(26)24-11-5-4-7-15(24)8-6-12-29-19-14-22-18-13-16(25(27)28)9-10-17(18)23-19/h9-10,13-15H,4-8,11-12H2,1-3H3/t15-/m0/s1. The van der Waals surface area contributed by atoms with Gasteiger partial charge in [-0.3, -0.25) is 10.1 Å². The first-order valence-electron chi connectivity index (χ1n) is 10.3. The smallest absolute Gasteiger partial charge is 0.410 e. The Hall–Kier alpha value is -2.97. The summed E-state index contributed by atoms with van der Waals surface area (Å²) in [5.74, 6) is 0.379. The van der Waals surface area contributed by atoms with Crippen LogP contribution in [-0.2, 0) is 4.74 Å². The molecule has 0 aliphatic carbocycles. The van der Waals surface area contributed by atoms with Crippen LogP contribution in [0.25, 0.3) is 11.0 Å². The van der Waals surface area contributed by atoms with Gasteiger partial charge in [0.1, 0.15) is 5.60 Å². The number of hydrogen-bond donors (Lipinski definition) is 0. The highest BCUT2D eigenvalue weighted by Crippen LogP contribution is 2.24. The van der Waals surface area contributed by atoms with E-state index in [0.717, 1.165) is 38.6 Å². The van der Waals surface area contributed by atoms with Crippen molar-refractivity contribution in [2.24, 2.45) is 0 Å². The molecule has 2 heterocycles. The van der Waals surface area contributed by atoms with Crippen molar-refractivity contribution in [2.75, 3.05) is 13.2 Å². The summed E-state index contributed by atoms with van der Waals surface area (Å²) in [5, 5.41) is 10.9. The average Bonchev–Trinajstić information content (AvgIpc) is 2.69. The highest BCUT2D eigenvalue weighted by Gasteiger charge is 2.30. The SMILES string of the molecule is CC(C)(C)OC(=O)N1CCCC[C@H]1CCCOc1cnc2cc([N+](=O)[O-])ccc2n1. The molecule has 1 atom stereocenters. The third kappa shape index (κ3) is 5.77. The molecule has 1 amide bonds. The van der Waals surface area contributed by atoms with Crippen molar-refractivity contribution in [1.82, 2.24) is 14.9 Å². The minimum absolute atomic E-state index is 0.0208. The van der Waals surface area contributed by atoms with Gasteiger partial charge >= 0.3 is 6.09 Å². The van der Waals surface area contributed by atoms with E-state index in [1.807, 2.05) is 25.7 Å². The van der Waals surface area contributed by atoms with Gasteiger partial charge in [0.05, 0.1) is 28.8 Å². The summed E-state index contributed by atoms with van der Waals surface area (Å²) >= 11 is 0. The minimum Gasteiger partial charge on any atom is -0.477 e. The second kappa shape index (κ2) is 9.23.